The van der Waals surface area contributed by atoms with Crippen LogP contribution in [0.25, 0.3) is 0 Å². The standard InChI is InChI=1S/C60H94N3OSSi/c1-39-17-22-42(23-18-39)62(44-26-30-46(65)31-27-44)56-35-34-53(48-11-5-6-12-49(48)56)60-52-15-8-7-13-50(52)57(63(43-24-19-40(2)20-25-43)45-28-32-47(33-29-45)66(3)4)38-55(60)61-41-21-36-59-54(37-41)51-14-9-10-16-58(51)64-59/h17,22-24,28,32,39-41,44,46,48-61,65H,5-16,18-21,25-27,29-31,33-38H2,1-4H3/q-1. The molecule has 1 saturated heterocycles. The Morgan fingerprint density at radius 2 is 1.32 bits per heavy atom. The summed E-state index contributed by atoms with van der Waals surface area (Å²) in [6, 6.07) is 3.32. The molecule has 16 unspecified atom stereocenters. The summed E-state index contributed by atoms with van der Waals surface area (Å²) in [6.07, 6.45) is 55.4. The van der Waals surface area contributed by atoms with Crippen molar-refractivity contribution in [1.82, 2.24) is 15.1 Å². The molecule has 1 N–H and O–H groups in total. The Bertz CT molecular complexity index is 1830. The molecular formula is C60H94N3OSSi-. The number of hydrogen-bond donors (Lipinski definition) is 2. The highest BCUT2D eigenvalue weighted by atomic mass is 32.1. The molecule has 0 aromatic heterocycles. The van der Waals surface area contributed by atoms with Crippen LogP contribution >= 0.6 is 12.6 Å². The van der Waals surface area contributed by atoms with Crippen molar-refractivity contribution in [1.29, 1.82) is 0 Å². The molecule has 7 saturated carbocycles. The van der Waals surface area contributed by atoms with E-state index in [1.54, 1.807) is 22.3 Å². The van der Waals surface area contributed by atoms with Crippen molar-refractivity contribution in [2.24, 2.45) is 59.2 Å². The van der Waals surface area contributed by atoms with Gasteiger partial charge in [0.2, 0.25) is 0 Å². The topological polar surface area (TPSA) is 27.7 Å². The van der Waals surface area contributed by atoms with E-state index in [2.05, 4.69) is 73.2 Å². The Kier molecular flexibility index (Phi) is 14.9. The number of allylic oxidation sites excluding steroid dienone is 9. The minimum Gasteiger partial charge on any atom is -0.374 e. The normalized spacial score (nSPS) is 44.9. The Labute approximate surface area is 411 Å². The first kappa shape index (κ1) is 47.1. The number of thiol groups is 1. The Balaban J connectivity index is 0.944. The van der Waals surface area contributed by atoms with Crippen molar-refractivity contribution in [3.63, 3.8) is 0 Å². The summed E-state index contributed by atoms with van der Waals surface area (Å²) in [4.78, 5) is 6.23. The van der Waals surface area contributed by atoms with Crippen LogP contribution in [0.1, 0.15) is 194 Å². The molecule has 1 heterocycles. The second kappa shape index (κ2) is 20.9. The SMILES string of the molecule is CC1C=CC(N(C2CCC(S)CC2)C2CCC(C3C(NC4CCC5OC6CCCCC6C5C4)CC(N(C4=CC=C([Si-](C)C)CC4)C4=CCC(C)CC4)C4CCCCC43)C3CCCCC32)=CC1. The zero-order valence-corrected chi connectivity index (χ0v) is 44.3. The Morgan fingerprint density at radius 1 is 0.606 bits per heavy atom. The first-order valence-electron chi connectivity index (χ1n) is 29.2. The minimum absolute atomic E-state index is 0.400. The third-order valence-electron chi connectivity index (χ3n) is 21.3. The van der Waals surface area contributed by atoms with Crippen molar-refractivity contribution in [2.75, 3.05) is 0 Å². The third kappa shape index (κ3) is 9.63. The van der Waals surface area contributed by atoms with Gasteiger partial charge >= 0.3 is 0 Å². The molecule has 366 valence electrons. The zero-order valence-electron chi connectivity index (χ0n) is 42.4. The van der Waals surface area contributed by atoms with Gasteiger partial charge in [0.1, 0.15) is 0 Å². The zero-order chi connectivity index (χ0) is 44.9. The summed E-state index contributed by atoms with van der Waals surface area (Å²) >= 11 is 5.04. The first-order valence-corrected chi connectivity index (χ1v) is 32.2. The van der Waals surface area contributed by atoms with Gasteiger partial charge in [0.15, 0.2) is 0 Å². The highest BCUT2D eigenvalue weighted by Crippen LogP contribution is 2.58. The number of rotatable bonds is 10. The molecule has 0 aromatic rings. The molecule has 11 rings (SSSR count). The van der Waals surface area contributed by atoms with Crippen LogP contribution in [-0.4, -0.2) is 66.3 Å². The van der Waals surface area contributed by atoms with Crippen molar-refractivity contribution in [3.8, 4) is 0 Å². The fourth-order valence-electron chi connectivity index (χ4n) is 18.1. The van der Waals surface area contributed by atoms with E-state index in [0.717, 1.165) is 53.3 Å². The van der Waals surface area contributed by atoms with Gasteiger partial charge in [0.05, 0.1) is 12.2 Å². The third-order valence-corrected chi connectivity index (χ3v) is 23.6. The van der Waals surface area contributed by atoms with E-state index in [0.29, 0.717) is 53.6 Å². The summed E-state index contributed by atoms with van der Waals surface area (Å²) in [5.41, 5.74) is 5.00. The van der Waals surface area contributed by atoms with E-state index in [9.17, 15) is 0 Å². The predicted molar refractivity (Wildman–Crippen MR) is 282 cm³/mol. The number of fused-ring (bicyclic) bond motifs is 5. The van der Waals surface area contributed by atoms with E-state index in [-0.39, 0.29) is 0 Å². The summed E-state index contributed by atoms with van der Waals surface area (Å²) in [7, 11) is -0.400. The van der Waals surface area contributed by atoms with Crippen LogP contribution in [0.2, 0.25) is 13.1 Å². The van der Waals surface area contributed by atoms with Gasteiger partial charge in [-0.05, 0) is 206 Å². The van der Waals surface area contributed by atoms with Crippen LogP contribution in [0.3, 0.4) is 0 Å². The lowest BCUT2D eigenvalue weighted by Crippen LogP contribution is -2.62. The fourth-order valence-corrected chi connectivity index (χ4v) is 19.5. The molecule has 11 aliphatic rings. The first-order chi connectivity index (χ1) is 32.3. The maximum atomic E-state index is 6.93. The molecule has 0 amide bonds. The summed E-state index contributed by atoms with van der Waals surface area (Å²) < 4.78 is 6.93. The van der Waals surface area contributed by atoms with Gasteiger partial charge < -0.3 is 19.9 Å². The van der Waals surface area contributed by atoms with Crippen molar-refractivity contribution in [3.05, 3.63) is 58.7 Å². The molecule has 6 heteroatoms. The summed E-state index contributed by atoms with van der Waals surface area (Å²) in [5.74, 6) is 8.19. The van der Waals surface area contributed by atoms with Gasteiger partial charge in [-0.25, -0.2) is 5.20 Å². The van der Waals surface area contributed by atoms with Gasteiger partial charge in [0, 0.05) is 52.6 Å². The Morgan fingerprint density at radius 3 is 2.03 bits per heavy atom. The minimum atomic E-state index is -0.400. The summed E-state index contributed by atoms with van der Waals surface area (Å²) in [6.45, 7) is 9.95. The number of hydrogen-bond acceptors (Lipinski definition) is 5. The van der Waals surface area contributed by atoms with Crippen LogP contribution in [0.15, 0.2) is 58.7 Å². The highest BCUT2D eigenvalue weighted by molar-refractivity contribution is 7.80. The molecular weight excluding hydrogens is 839 g/mol. The quantitative estimate of drug-likeness (QED) is 0.169. The molecule has 4 nitrogen and oxygen atoms in total. The monoisotopic (exact) mass is 933 g/mol. The molecule has 66 heavy (non-hydrogen) atoms. The molecule has 0 spiro atoms. The molecule has 8 fully saturated rings. The average Bonchev–Trinajstić information content (AvgIpc) is 3.72. The molecule has 16 atom stereocenters. The van der Waals surface area contributed by atoms with Crippen molar-refractivity contribution in [2.45, 2.75) is 254 Å². The lowest BCUT2D eigenvalue weighted by atomic mass is 9.51. The summed E-state index contributed by atoms with van der Waals surface area (Å²) in [5, 5.41) is 7.20. The van der Waals surface area contributed by atoms with E-state index < -0.39 is 8.80 Å². The van der Waals surface area contributed by atoms with Gasteiger partial charge in [0.25, 0.3) is 0 Å². The van der Waals surface area contributed by atoms with Gasteiger partial charge in [-0.15, -0.1) is 0 Å². The number of ether oxygens (including phenoxy) is 1. The van der Waals surface area contributed by atoms with Crippen LogP contribution in [0.4, 0.5) is 0 Å². The maximum Gasteiger partial charge on any atom is 0.0612 e. The number of nitrogens with zero attached hydrogens (tertiary/aromatic N) is 2. The Hall–Kier alpha value is -1.21. The lowest BCUT2D eigenvalue weighted by Gasteiger charge is -2.61. The van der Waals surface area contributed by atoms with Gasteiger partial charge in [-0.3, -0.25) is 8.80 Å². The molecule has 1 aliphatic heterocycles. The average molecular weight is 934 g/mol. The van der Waals surface area contributed by atoms with Crippen LogP contribution < -0.4 is 5.32 Å². The van der Waals surface area contributed by atoms with Gasteiger partial charge in [-0.2, -0.15) is 25.7 Å². The second-order valence-electron chi connectivity index (χ2n) is 25.4. The fraction of sp³-hybridized carbons (Fsp3) is 0.833. The van der Waals surface area contributed by atoms with Gasteiger partial charge in [-0.1, -0.05) is 83.1 Å². The largest absolute Gasteiger partial charge is 0.374 e. The van der Waals surface area contributed by atoms with E-state index >= 15 is 0 Å². The molecule has 0 aromatic carbocycles. The molecule has 0 radical (unpaired) electrons. The van der Waals surface area contributed by atoms with Crippen LogP contribution in [-0.2, 0) is 4.74 Å². The molecule has 10 aliphatic carbocycles. The second-order valence-corrected chi connectivity index (χ2v) is 28.8. The van der Waals surface area contributed by atoms with Crippen molar-refractivity contribution >= 4 is 21.4 Å². The van der Waals surface area contributed by atoms with Crippen LogP contribution in [0.5, 0.6) is 0 Å². The predicted octanol–water partition coefficient (Wildman–Crippen LogP) is 14.8. The van der Waals surface area contributed by atoms with E-state index in [1.165, 1.54) is 180 Å². The maximum absolute atomic E-state index is 6.93. The lowest BCUT2D eigenvalue weighted by molar-refractivity contribution is -0.0793. The smallest absolute Gasteiger partial charge is 0.0612 e. The van der Waals surface area contributed by atoms with E-state index in [4.69, 9.17) is 22.7 Å². The number of nitrogens with one attached hydrogen (secondary N) is 1. The molecule has 0 bridgehead atoms. The highest BCUT2D eigenvalue weighted by Gasteiger charge is 2.56. The van der Waals surface area contributed by atoms with Crippen molar-refractivity contribution < 1.29 is 4.74 Å². The van der Waals surface area contributed by atoms with Crippen LogP contribution in [0, 0.1) is 59.2 Å². The van der Waals surface area contributed by atoms with E-state index in [1.807, 2.05) is 0 Å².